The van der Waals surface area contributed by atoms with Crippen molar-refractivity contribution in [3.8, 4) is 5.75 Å². The molecule has 0 saturated heterocycles. The predicted octanol–water partition coefficient (Wildman–Crippen LogP) is 3.76. The van der Waals surface area contributed by atoms with Crippen molar-refractivity contribution in [2.75, 3.05) is 13.6 Å². The Bertz CT molecular complexity index is 1190. The molecule has 9 heteroatoms. The number of carbonyl (C=O) groups is 3. The molecule has 1 amide bonds. The monoisotopic (exact) mass is 502 g/mol. The summed E-state index contributed by atoms with van der Waals surface area (Å²) in [5, 5.41) is 33.2. The van der Waals surface area contributed by atoms with Gasteiger partial charge < -0.3 is 21.1 Å². The number of phenols is 1. The van der Waals surface area contributed by atoms with Crippen LogP contribution in [0.3, 0.4) is 0 Å². The topological polar surface area (TPSA) is 141 Å². The second kappa shape index (κ2) is 9.32. The van der Waals surface area contributed by atoms with E-state index < -0.39 is 46.6 Å². The van der Waals surface area contributed by atoms with Crippen molar-refractivity contribution in [2.24, 2.45) is 23.5 Å². The Kier molecular flexibility index (Phi) is 6.72. The van der Waals surface area contributed by atoms with Crippen LogP contribution in [0.25, 0.3) is 5.76 Å². The number of nitrogens with two attached hydrogens (primary N) is 1. The molecule has 5 N–H and O–H groups in total. The number of aliphatic hydroxyl groups is 2. The Morgan fingerprint density at radius 2 is 1.91 bits per heavy atom. The van der Waals surface area contributed by atoms with E-state index in [0.717, 1.165) is 24.9 Å². The number of halogens is 1. The Morgan fingerprint density at radius 3 is 2.51 bits per heavy atom. The van der Waals surface area contributed by atoms with Gasteiger partial charge in [-0.15, -0.1) is 0 Å². The summed E-state index contributed by atoms with van der Waals surface area (Å²) in [6, 6.07) is 1.53. The molecule has 8 nitrogen and oxygen atoms in total. The number of carbonyl (C=O) groups excluding carboxylic acids is 3. The maximum Gasteiger partial charge on any atom is 0.255 e. The van der Waals surface area contributed by atoms with Crippen LogP contribution in [0, 0.1) is 17.8 Å². The highest BCUT2D eigenvalue weighted by Crippen LogP contribution is 2.52. The number of Topliss-reactive ketones (excluding diaryl/α,β-unsaturated/α-hetero) is 2. The third kappa shape index (κ3) is 3.93. The van der Waals surface area contributed by atoms with Gasteiger partial charge in [0.15, 0.2) is 11.6 Å². The summed E-state index contributed by atoms with van der Waals surface area (Å²) < 4.78 is 0. The number of primary amides is 1. The van der Waals surface area contributed by atoms with E-state index in [1.807, 2.05) is 14.0 Å². The first-order chi connectivity index (χ1) is 16.5. The van der Waals surface area contributed by atoms with E-state index in [1.165, 1.54) is 0 Å². The van der Waals surface area contributed by atoms with Crippen LogP contribution in [0.1, 0.15) is 62.3 Å². The van der Waals surface area contributed by atoms with E-state index in [2.05, 4.69) is 11.8 Å². The van der Waals surface area contributed by atoms with Gasteiger partial charge in [0.2, 0.25) is 0 Å². The highest BCUT2D eigenvalue weighted by Gasteiger charge is 2.51. The molecule has 4 atom stereocenters. The molecule has 0 radical (unpaired) electrons. The first kappa shape index (κ1) is 25.3. The molecule has 4 rings (SSSR count). The maximum absolute atomic E-state index is 13.5. The fourth-order valence-corrected chi connectivity index (χ4v) is 6.41. The number of ketones is 2. The molecule has 188 valence electrons. The van der Waals surface area contributed by atoms with Crippen molar-refractivity contribution in [1.29, 1.82) is 0 Å². The molecule has 0 bridgehead atoms. The smallest absolute Gasteiger partial charge is 0.255 e. The van der Waals surface area contributed by atoms with Gasteiger partial charge >= 0.3 is 0 Å². The normalized spacial score (nSPS) is 24.9. The Hall–Kier alpha value is -2.84. The first-order valence-electron chi connectivity index (χ1n) is 12.0. The molecule has 3 aliphatic carbocycles. The molecular weight excluding hydrogens is 472 g/mol. The summed E-state index contributed by atoms with van der Waals surface area (Å²) in [5.74, 6) is -5.48. The van der Waals surface area contributed by atoms with Gasteiger partial charge in [0.1, 0.15) is 22.8 Å². The fourth-order valence-electron chi connectivity index (χ4n) is 6.06. The zero-order chi connectivity index (χ0) is 25.8. The molecule has 35 heavy (non-hydrogen) atoms. The number of allylic oxidation sites excluding steroid dienone is 2. The number of fused-ring (bicyclic) bond motifs is 3. The molecule has 1 fully saturated rings. The second-order valence-corrected chi connectivity index (χ2v) is 10.2. The molecule has 0 spiro atoms. The van der Waals surface area contributed by atoms with Gasteiger partial charge in [-0.2, -0.15) is 0 Å². The Labute approximate surface area is 209 Å². The van der Waals surface area contributed by atoms with Crippen molar-refractivity contribution in [2.45, 2.75) is 52.0 Å². The third-order valence-corrected chi connectivity index (χ3v) is 8.25. The van der Waals surface area contributed by atoms with Crippen LogP contribution in [-0.4, -0.2) is 51.3 Å². The van der Waals surface area contributed by atoms with E-state index >= 15 is 0 Å². The lowest BCUT2D eigenvalue weighted by Crippen LogP contribution is -2.44. The standard InChI is InChI=1S/C26H31ClN2O6/c1-4-6-15(29(3)5-2)13-10-17(31)20-14(22(13)27)8-11-7-12-9-16(30)21(26(28)35)25(34)19(12)23(32)18(11)24(20)33/h10-12,15,19,31,33-34H,4-9H2,1-3H3,(H2,28,35). The van der Waals surface area contributed by atoms with Gasteiger partial charge in [0.05, 0.1) is 11.5 Å². The Morgan fingerprint density at radius 1 is 1.23 bits per heavy atom. The van der Waals surface area contributed by atoms with Crippen molar-refractivity contribution >= 4 is 34.8 Å². The summed E-state index contributed by atoms with van der Waals surface area (Å²) in [6.07, 6.45) is 2.30. The minimum atomic E-state index is -1.13. The van der Waals surface area contributed by atoms with Crippen LogP contribution in [0.2, 0.25) is 5.02 Å². The first-order valence-corrected chi connectivity index (χ1v) is 12.4. The lowest BCUT2D eigenvalue weighted by molar-refractivity contribution is -0.127. The summed E-state index contributed by atoms with van der Waals surface area (Å²) >= 11 is 6.89. The van der Waals surface area contributed by atoms with Crippen molar-refractivity contribution in [1.82, 2.24) is 4.90 Å². The molecule has 0 aromatic heterocycles. The SMILES string of the molecule is CCCC(c1cc(O)c2c(c1Cl)CC1CC3CC(=O)C(C(N)=O)=C(O)C3C(=O)C1=C2O)N(C)CC. The average molecular weight is 503 g/mol. The number of nitrogens with zero attached hydrogens (tertiary/aromatic N) is 1. The van der Waals surface area contributed by atoms with Crippen LogP contribution >= 0.6 is 11.6 Å². The van der Waals surface area contributed by atoms with Gasteiger partial charge in [0.25, 0.3) is 5.91 Å². The number of benzene rings is 1. The molecule has 0 heterocycles. The minimum absolute atomic E-state index is 0.0242. The van der Waals surface area contributed by atoms with Crippen molar-refractivity contribution in [3.63, 3.8) is 0 Å². The van der Waals surface area contributed by atoms with E-state index in [1.54, 1.807) is 6.07 Å². The summed E-state index contributed by atoms with van der Waals surface area (Å²) in [5.41, 5.74) is 6.26. The third-order valence-electron chi connectivity index (χ3n) is 7.80. The molecule has 1 aromatic rings. The minimum Gasteiger partial charge on any atom is -0.511 e. The molecule has 4 unspecified atom stereocenters. The maximum atomic E-state index is 13.5. The van der Waals surface area contributed by atoms with Gasteiger partial charge in [-0.05, 0) is 61.9 Å². The number of hydrogen-bond donors (Lipinski definition) is 4. The largest absolute Gasteiger partial charge is 0.511 e. The van der Waals surface area contributed by atoms with Crippen LogP contribution in [0.4, 0.5) is 0 Å². The van der Waals surface area contributed by atoms with E-state index in [-0.39, 0.29) is 35.1 Å². The molecular formula is C26H31ClN2O6. The zero-order valence-electron chi connectivity index (χ0n) is 20.1. The van der Waals surface area contributed by atoms with E-state index in [4.69, 9.17) is 17.3 Å². The molecule has 1 saturated carbocycles. The van der Waals surface area contributed by atoms with E-state index in [9.17, 15) is 29.7 Å². The summed E-state index contributed by atoms with van der Waals surface area (Å²) in [6.45, 7) is 4.90. The van der Waals surface area contributed by atoms with Crippen LogP contribution in [0.5, 0.6) is 5.75 Å². The van der Waals surface area contributed by atoms with Gasteiger partial charge in [0, 0.05) is 23.1 Å². The van der Waals surface area contributed by atoms with Gasteiger partial charge in [-0.25, -0.2) is 0 Å². The molecule has 1 aromatic carbocycles. The number of phenolic OH excluding ortho intramolecular Hbond substituents is 1. The van der Waals surface area contributed by atoms with Gasteiger partial charge in [-0.1, -0.05) is 31.9 Å². The number of rotatable bonds is 6. The van der Waals surface area contributed by atoms with Crippen molar-refractivity contribution < 1.29 is 29.7 Å². The molecule has 0 aliphatic heterocycles. The number of hydrogen-bond acceptors (Lipinski definition) is 7. The lowest BCUT2D eigenvalue weighted by atomic mass is 9.61. The summed E-state index contributed by atoms with van der Waals surface area (Å²) in [7, 11) is 1.99. The van der Waals surface area contributed by atoms with E-state index in [0.29, 0.717) is 23.4 Å². The Balaban J connectivity index is 1.85. The highest BCUT2D eigenvalue weighted by molar-refractivity contribution is 6.32. The van der Waals surface area contributed by atoms with Crippen LogP contribution in [-0.2, 0) is 20.8 Å². The van der Waals surface area contributed by atoms with Gasteiger partial charge in [-0.3, -0.25) is 19.3 Å². The predicted molar refractivity (Wildman–Crippen MR) is 131 cm³/mol. The van der Waals surface area contributed by atoms with Crippen molar-refractivity contribution in [3.05, 3.63) is 44.7 Å². The second-order valence-electron chi connectivity index (χ2n) is 9.78. The number of aromatic hydroxyl groups is 1. The average Bonchev–Trinajstić information content (AvgIpc) is 2.78. The number of aliphatic hydroxyl groups excluding tert-OH is 2. The highest BCUT2D eigenvalue weighted by atomic mass is 35.5. The van der Waals surface area contributed by atoms with Crippen LogP contribution < -0.4 is 5.73 Å². The number of amides is 1. The quantitative estimate of drug-likeness (QED) is 0.434. The fraction of sp³-hybridized carbons (Fsp3) is 0.500. The summed E-state index contributed by atoms with van der Waals surface area (Å²) in [4.78, 5) is 39.8. The zero-order valence-corrected chi connectivity index (χ0v) is 20.9. The molecule has 3 aliphatic rings. The lowest BCUT2D eigenvalue weighted by Gasteiger charge is -2.41. The van der Waals surface area contributed by atoms with Crippen LogP contribution in [0.15, 0.2) is 23.0 Å².